The highest BCUT2D eigenvalue weighted by Crippen LogP contribution is 2.28. The van der Waals surface area contributed by atoms with E-state index in [4.69, 9.17) is 0 Å². The van der Waals surface area contributed by atoms with E-state index in [-0.39, 0.29) is 15.5 Å². The first-order chi connectivity index (χ1) is 12.9. The van der Waals surface area contributed by atoms with Crippen LogP contribution >= 0.6 is 0 Å². The van der Waals surface area contributed by atoms with E-state index in [1.54, 1.807) is 6.07 Å². The molecule has 3 amide bonds. The number of nitrogens with one attached hydrogen (secondary N) is 3. The van der Waals surface area contributed by atoms with Gasteiger partial charge in [-0.05, 0) is 36.8 Å². The van der Waals surface area contributed by atoms with Crippen LogP contribution in [0.25, 0.3) is 0 Å². The highest BCUT2D eigenvalue weighted by atomic mass is 32.2. The predicted molar refractivity (Wildman–Crippen MR) is 101 cm³/mol. The summed E-state index contributed by atoms with van der Waals surface area (Å²) in [5.41, 5.74) is -0.896. The fraction of sp³-hybridized carbons (Fsp3) is 0.176. The van der Waals surface area contributed by atoms with E-state index in [1.165, 1.54) is 49.4 Å². The van der Waals surface area contributed by atoms with E-state index in [0.29, 0.717) is 5.56 Å². The van der Waals surface area contributed by atoms with Crippen LogP contribution < -0.4 is 15.4 Å². The zero-order chi connectivity index (χ0) is 20.7. The molecule has 3 rings (SSSR count). The normalized spacial score (nSPS) is 19.8. The van der Waals surface area contributed by atoms with Crippen molar-refractivity contribution in [3.63, 3.8) is 0 Å². The van der Waals surface area contributed by atoms with Crippen LogP contribution in [0.1, 0.15) is 12.5 Å². The van der Waals surface area contributed by atoms with Gasteiger partial charge in [0.25, 0.3) is 15.9 Å². The van der Waals surface area contributed by atoms with E-state index in [1.807, 2.05) is 0 Å². The van der Waals surface area contributed by atoms with Crippen molar-refractivity contribution in [1.82, 2.24) is 10.6 Å². The Kier molecular flexibility index (Phi) is 4.68. The van der Waals surface area contributed by atoms with E-state index in [9.17, 15) is 26.4 Å². The van der Waals surface area contributed by atoms with Crippen LogP contribution in [0.5, 0.6) is 0 Å². The lowest BCUT2D eigenvalue weighted by atomic mass is 9.92. The number of carbonyl (C=O) groups excluding carboxylic acids is 2. The molecule has 148 valence electrons. The monoisotopic (exact) mass is 423 g/mol. The zero-order valence-corrected chi connectivity index (χ0v) is 16.5. The molecular formula is C17H17N3O6S2. The van der Waals surface area contributed by atoms with Crippen LogP contribution in [0.3, 0.4) is 0 Å². The molecule has 2 aromatic carbocycles. The fourth-order valence-corrected chi connectivity index (χ4v) is 5.51. The van der Waals surface area contributed by atoms with Crippen LogP contribution in [-0.4, -0.2) is 35.0 Å². The average Bonchev–Trinajstić information content (AvgIpc) is 2.87. The standard InChI is InChI=1S/C17H17N3O6S2/c1-17(15(21)18-16(22)19-17)11-6-5-7-12(10-11)20-28(25,26)14-9-4-3-8-13(14)27(2,23)24/h3-10,20H,1-2H3,(H2,18,19,21,22). The maximum absolute atomic E-state index is 12.8. The summed E-state index contributed by atoms with van der Waals surface area (Å²) in [5, 5.41) is 4.62. The van der Waals surface area contributed by atoms with Crippen molar-refractivity contribution in [2.45, 2.75) is 22.3 Å². The Labute approximate surface area is 162 Å². The van der Waals surface area contributed by atoms with Crippen LogP contribution in [0, 0.1) is 0 Å². The highest BCUT2D eigenvalue weighted by Gasteiger charge is 2.43. The number of urea groups is 1. The molecule has 1 aliphatic heterocycles. The van der Waals surface area contributed by atoms with Crippen molar-refractivity contribution in [1.29, 1.82) is 0 Å². The van der Waals surface area contributed by atoms with Gasteiger partial charge in [0, 0.05) is 11.9 Å². The fourth-order valence-electron chi connectivity index (χ4n) is 2.83. The number of sulfone groups is 1. The number of sulfonamides is 1. The Morgan fingerprint density at radius 1 is 0.929 bits per heavy atom. The molecule has 1 fully saturated rings. The minimum atomic E-state index is -4.23. The van der Waals surface area contributed by atoms with Gasteiger partial charge in [-0.3, -0.25) is 14.8 Å². The third kappa shape index (κ3) is 3.58. The van der Waals surface area contributed by atoms with Gasteiger partial charge in [-0.15, -0.1) is 0 Å². The average molecular weight is 423 g/mol. The number of imide groups is 1. The summed E-state index contributed by atoms with van der Waals surface area (Å²) in [7, 11) is -8.00. The minimum absolute atomic E-state index is 0.107. The lowest BCUT2D eigenvalue weighted by molar-refractivity contribution is -0.123. The van der Waals surface area contributed by atoms with Crippen LogP contribution in [0.15, 0.2) is 58.3 Å². The number of hydrogen-bond donors (Lipinski definition) is 3. The molecule has 2 aromatic rings. The number of rotatable bonds is 5. The van der Waals surface area contributed by atoms with E-state index < -0.39 is 37.3 Å². The minimum Gasteiger partial charge on any atom is -0.320 e. The molecule has 0 saturated carbocycles. The summed E-state index contributed by atoms with van der Waals surface area (Å²) in [4.78, 5) is 22.8. The molecule has 11 heteroatoms. The molecule has 0 radical (unpaired) electrons. The molecule has 0 bridgehead atoms. The highest BCUT2D eigenvalue weighted by molar-refractivity contribution is 7.95. The maximum Gasteiger partial charge on any atom is 0.322 e. The molecule has 1 aliphatic rings. The number of carbonyl (C=O) groups is 2. The number of hydrogen-bond acceptors (Lipinski definition) is 6. The topological polar surface area (TPSA) is 139 Å². The van der Waals surface area contributed by atoms with Crippen molar-refractivity contribution in [2.75, 3.05) is 11.0 Å². The van der Waals surface area contributed by atoms with Crippen LogP contribution in [0.2, 0.25) is 0 Å². The third-order valence-corrected chi connectivity index (χ3v) is 7.00. The van der Waals surface area contributed by atoms with E-state index in [0.717, 1.165) is 6.26 Å². The second kappa shape index (κ2) is 6.60. The largest absolute Gasteiger partial charge is 0.322 e. The zero-order valence-electron chi connectivity index (χ0n) is 14.9. The van der Waals surface area contributed by atoms with Gasteiger partial charge in [-0.2, -0.15) is 0 Å². The smallest absolute Gasteiger partial charge is 0.320 e. The molecular weight excluding hydrogens is 406 g/mol. The molecule has 9 nitrogen and oxygen atoms in total. The molecule has 0 aromatic heterocycles. The van der Waals surface area contributed by atoms with Gasteiger partial charge >= 0.3 is 6.03 Å². The number of anilines is 1. The summed E-state index contributed by atoms with van der Waals surface area (Å²) in [6.45, 7) is 1.49. The summed E-state index contributed by atoms with van der Waals surface area (Å²) in [5.74, 6) is -0.570. The first-order valence-corrected chi connectivity index (χ1v) is 11.4. The van der Waals surface area contributed by atoms with Gasteiger partial charge in [0.15, 0.2) is 9.84 Å². The van der Waals surface area contributed by atoms with Crippen molar-refractivity contribution in [2.24, 2.45) is 0 Å². The van der Waals surface area contributed by atoms with Gasteiger partial charge in [0.2, 0.25) is 0 Å². The van der Waals surface area contributed by atoms with Gasteiger partial charge in [-0.1, -0.05) is 24.3 Å². The second-order valence-corrected chi connectivity index (χ2v) is 10.1. The Morgan fingerprint density at radius 3 is 2.14 bits per heavy atom. The Morgan fingerprint density at radius 2 is 1.57 bits per heavy atom. The number of benzene rings is 2. The third-order valence-electron chi connectivity index (χ3n) is 4.28. The maximum atomic E-state index is 12.8. The quantitative estimate of drug-likeness (QED) is 0.612. The SMILES string of the molecule is CC1(c2cccc(NS(=O)(=O)c3ccccc3S(C)(=O)=O)c2)NC(=O)NC1=O. The van der Waals surface area contributed by atoms with Crippen LogP contribution in [0.4, 0.5) is 10.5 Å². The molecule has 1 unspecified atom stereocenters. The molecule has 3 N–H and O–H groups in total. The first kappa shape index (κ1) is 19.8. The summed E-state index contributed by atoms with van der Waals surface area (Å²) in [6, 6.07) is 10.5. The van der Waals surface area contributed by atoms with Crippen molar-refractivity contribution in [3.8, 4) is 0 Å². The first-order valence-electron chi connectivity index (χ1n) is 7.99. The Hall–Kier alpha value is -2.92. The summed E-state index contributed by atoms with van der Waals surface area (Å²) >= 11 is 0. The van der Waals surface area contributed by atoms with E-state index >= 15 is 0 Å². The Bertz CT molecular complexity index is 1190. The van der Waals surface area contributed by atoms with Crippen LogP contribution in [-0.2, 0) is 30.2 Å². The predicted octanol–water partition coefficient (Wildman–Crippen LogP) is 0.946. The van der Waals surface area contributed by atoms with Crippen molar-refractivity contribution in [3.05, 3.63) is 54.1 Å². The Balaban J connectivity index is 2.00. The number of amides is 3. The van der Waals surface area contributed by atoms with Crippen molar-refractivity contribution < 1.29 is 26.4 Å². The molecule has 1 saturated heterocycles. The van der Waals surface area contributed by atoms with Gasteiger partial charge in [-0.25, -0.2) is 21.6 Å². The van der Waals surface area contributed by atoms with Gasteiger partial charge in [0.05, 0.1) is 4.90 Å². The molecule has 28 heavy (non-hydrogen) atoms. The molecule has 1 atom stereocenters. The lowest BCUT2D eigenvalue weighted by Crippen LogP contribution is -2.40. The van der Waals surface area contributed by atoms with E-state index in [2.05, 4.69) is 15.4 Å². The van der Waals surface area contributed by atoms with Crippen molar-refractivity contribution >= 4 is 37.5 Å². The summed E-state index contributed by atoms with van der Waals surface area (Å²) < 4.78 is 51.7. The van der Waals surface area contributed by atoms with Gasteiger partial charge in [0.1, 0.15) is 10.4 Å². The second-order valence-electron chi connectivity index (χ2n) is 6.44. The summed E-state index contributed by atoms with van der Waals surface area (Å²) in [6.07, 6.45) is 0.921. The molecule has 1 heterocycles. The van der Waals surface area contributed by atoms with Gasteiger partial charge < -0.3 is 5.32 Å². The lowest BCUT2D eigenvalue weighted by Gasteiger charge is -2.22. The molecule has 0 aliphatic carbocycles. The molecule has 0 spiro atoms.